The number of ketones is 3. The fourth-order valence-corrected chi connectivity index (χ4v) is 21.8. The second-order valence-corrected chi connectivity index (χ2v) is 39.6. The van der Waals surface area contributed by atoms with Crippen molar-refractivity contribution in [3.05, 3.63) is 354 Å². The van der Waals surface area contributed by atoms with E-state index in [0.717, 1.165) is 155 Å². The van der Waals surface area contributed by atoms with Crippen LogP contribution in [0, 0.1) is 16.7 Å². The molecule has 148 heavy (non-hydrogen) atoms. The van der Waals surface area contributed by atoms with Crippen LogP contribution in [0.5, 0.6) is 5.75 Å². The molecule has 746 valence electrons. The van der Waals surface area contributed by atoms with Crippen LogP contribution in [0.25, 0.3) is 126 Å². The number of anilines is 4. The summed E-state index contributed by atoms with van der Waals surface area (Å²) in [6.45, 7) is 11.0. The zero-order chi connectivity index (χ0) is 104. The van der Waals surface area contributed by atoms with Crippen molar-refractivity contribution in [1.82, 2.24) is 23.1 Å². The van der Waals surface area contributed by atoms with Crippen LogP contribution in [0.15, 0.2) is 312 Å². The van der Waals surface area contributed by atoms with E-state index in [9.17, 15) is 65.1 Å². The zero-order valence-electron chi connectivity index (χ0n) is 81.6. The van der Waals surface area contributed by atoms with Crippen molar-refractivity contribution in [1.29, 1.82) is 10.7 Å². The molecule has 6 heterocycles. The van der Waals surface area contributed by atoms with Crippen molar-refractivity contribution in [3.63, 3.8) is 0 Å². The van der Waals surface area contributed by atoms with Gasteiger partial charge in [0.1, 0.15) is 38.4 Å². The third-order valence-electron chi connectivity index (χ3n) is 27.7. The molecule has 13 aromatic carbocycles. The third-order valence-corrected chi connectivity index (χ3v) is 29.5. The smallest absolute Gasteiger partial charge is 0.425 e. The Morgan fingerprint density at radius 2 is 1.01 bits per heavy atom. The minimum absolute atomic E-state index is 0.0112. The number of phenolic OH excluding ortho intramolecular Hbond substituents is 1. The number of fused-ring (bicyclic) bond motifs is 14. The number of pyridine rings is 4. The van der Waals surface area contributed by atoms with Crippen LogP contribution in [-0.2, 0) is 58.5 Å². The Morgan fingerprint density at radius 3 is 1.56 bits per heavy atom. The zero-order valence-corrected chi connectivity index (χ0v) is 84.1. The highest BCUT2D eigenvalue weighted by molar-refractivity contribution is 7.86. The Bertz CT molecular complexity index is 9410. The van der Waals surface area contributed by atoms with Gasteiger partial charge < -0.3 is 44.1 Å². The van der Waals surface area contributed by atoms with Gasteiger partial charge in [0.05, 0.1) is 55.3 Å². The summed E-state index contributed by atoms with van der Waals surface area (Å²) in [4.78, 5) is 84.1. The minimum atomic E-state index is -4.62. The number of unbranched alkanes of at least 4 members (excludes halogenated alkanes) is 2. The second-order valence-electron chi connectivity index (χ2n) is 36.4. The number of aryl methyl sites for hydroxylation is 3. The van der Waals surface area contributed by atoms with Crippen molar-refractivity contribution in [2.75, 3.05) is 33.9 Å². The molecule has 4 aliphatic rings. The molecule has 0 amide bonds. The Kier molecular flexibility index (Phi) is 28.9. The lowest BCUT2D eigenvalue weighted by molar-refractivity contribution is 0.103. The summed E-state index contributed by atoms with van der Waals surface area (Å²) in [5, 5.41) is 52.7. The number of benzene rings is 13. The molecular weight excluding hydrogens is 1930 g/mol. The van der Waals surface area contributed by atoms with Crippen molar-refractivity contribution in [2.24, 2.45) is 31.4 Å². The minimum Gasteiger partial charge on any atom is -0.506 e. The van der Waals surface area contributed by atoms with Gasteiger partial charge in [-0.05, 0) is 175 Å². The molecule has 30 nitrogen and oxygen atoms in total. The Morgan fingerprint density at radius 1 is 0.507 bits per heavy atom. The first-order valence-corrected chi connectivity index (χ1v) is 52.3. The average Bonchev–Trinajstić information content (AvgIpc) is 1.69. The lowest BCUT2D eigenvalue weighted by Gasteiger charge is -2.28. The van der Waals surface area contributed by atoms with Gasteiger partial charge in [-0.15, -0.1) is 22.9 Å². The molecule has 6 aromatic heterocycles. The molecule has 1 fully saturated rings. The number of phenols is 1. The van der Waals surface area contributed by atoms with E-state index in [1.54, 1.807) is 81.7 Å². The van der Waals surface area contributed by atoms with Gasteiger partial charge in [0, 0.05) is 154 Å². The molecule has 0 bridgehead atoms. The van der Waals surface area contributed by atoms with Crippen molar-refractivity contribution < 1.29 is 62.5 Å². The maximum absolute atomic E-state index is 13.5. The summed E-state index contributed by atoms with van der Waals surface area (Å²) in [7, 11) is -6.93. The highest BCUT2D eigenvalue weighted by Gasteiger charge is 2.35. The first-order chi connectivity index (χ1) is 71.3. The van der Waals surface area contributed by atoms with E-state index in [0.29, 0.717) is 79.6 Å². The molecule has 0 radical (unpaired) electrons. The maximum Gasteiger partial charge on any atom is 0.425 e. The fourth-order valence-electron chi connectivity index (χ4n) is 20.4. The Labute approximate surface area is 850 Å². The number of aromatic hydroxyl groups is 1. The number of azo groups is 1. The first-order valence-electron chi connectivity index (χ1n) is 48.5. The summed E-state index contributed by atoms with van der Waals surface area (Å²) in [6.07, 6.45) is 11.7. The van der Waals surface area contributed by atoms with Crippen LogP contribution in [-0.4, -0.2) is 109 Å². The fraction of sp³-hybridized carbons (Fsp3) is 0.191. The normalized spacial score (nSPS) is 13.0. The number of nitriles is 1. The Hall–Kier alpha value is -17.0. The van der Waals surface area contributed by atoms with Gasteiger partial charge in [0.2, 0.25) is 0 Å². The number of nitrogens with one attached hydrogen (secondary N) is 4. The predicted octanol–water partition coefficient (Wildman–Crippen LogP) is 22.6. The summed E-state index contributed by atoms with van der Waals surface area (Å²) < 4.78 is 104. The molecule has 1 unspecified atom stereocenters. The molecule has 0 aliphatic heterocycles. The lowest BCUT2D eigenvalue weighted by atomic mass is 9.83. The van der Waals surface area contributed by atoms with Gasteiger partial charge in [-0.25, -0.2) is 4.98 Å². The third kappa shape index (κ3) is 19.5. The molecule has 7 N–H and O–H groups in total. The molecule has 19 aromatic rings. The second kappa shape index (κ2) is 42.3. The van der Waals surface area contributed by atoms with Crippen molar-refractivity contribution in [3.8, 4) is 45.2 Å². The molecule has 4 aliphatic carbocycles. The van der Waals surface area contributed by atoms with Gasteiger partial charge in [-0.1, -0.05) is 210 Å². The summed E-state index contributed by atoms with van der Waals surface area (Å²) >= 11 is 0. The van der Waals surface area contributed by atoms with E-state index in [2.05, 4.69) is 70.9 Å². The first kappa shape index (κ1) is 101. The van der Waals surface area contributed by atoms with Gasteiger partial charge in [-0.3, -0.25) is 47.7 Å². The summed E-state index contributed by atoms with van der Waals surface area (Å²) in [6, 6.07) is 83.9. The molecule has 1 atom stereocenters. The van der Waals surface area contributed by atoms with E-state index >= 15 is 0 Å². The highest BCUT2D eigenvalue weighted by atomic mass is 32.2. The summed E-state index contributed by atoms with van der Waals surface area (Å²) in [5.74, 6) is -0.307. The number of hydrogen-bond donors (Lipinski definition) is 7. The van der Waals surface area contributed by atoms with Crippen molar-refractivity contribution in [2.45, 2.75) is 120 Å². The summed E-state index contributed by atoms with van der Waals surface area (Å²) in [5.41, 5.74) is 19.7. The SMILES string of the molecule is CCCCCC(CC)Nc1ccc2c3c(cc(=O)n2C)-c2ccccc2C(=O)c13.CCN(CC)c1ccc2cc3c(oc2c1)c(C#N)c(=N)n1c2ccccc2nc31.Cn1c(=O)cc2c3c(c(NC4CCCCC4)ccc31)C(=O)c1ccccc1-2.Cn1c(=O)cc2c3c(c(NCc4ccccc4)ccc31)C(=O)c1ccccc1-2.O=S(=O)(O)c1ccc(N=Nc2c(O)ccc3cccc(S(=O)(=O)O)c23)c2ccccc12.O=S(=O)=O. The van der Waals surface area contributed by atoms with Crippen molar-refractivity contribution >= 4 is 175 Å². The highest BCUT2D eigenvalue weighted by Crippen LogP contribution is 2.48. The molecular formula is C115H101N13O17S3. The van der Waals surface area contributed by atoms with E-state index < -0.39 is 35.7 Å². The maximum atomic E-state index is 13.5. The molecule has 33 heteroatoms. The number of imidazole rings is 1. The lowest BCUT2D eigenvalue weighted by Crippen LogP contribution is -2.25. The van der Waals surface area contributed by atoms with E-state index in [-0.39, 0.29) is 77.9 Å². The number of rotatable bonds is 19. The number of hydrogen-bond acceptors (Lipinski definition) is 24. The molecule has 1 saturated carbocycles. The van der Waals surface area contributed by atoms with Crippen LogP contribution in [0.4, 0.5) is 34.1 Å². The standard InChI is InChI=1S/C25H28N2O2.C24H18N2O2.C23H19N5O.C23H22N2O2.C20H14N2O7S2.O3S/c1-4-6-7-10-16(5-2)26-20-13-14-21-23-19(15-22(28)27(21)3)17-11-8-9-12-18(17)25(29)24(20)23;1-26-20-12-11-19(25-14-15-7-3-2-4-8-15)23-22(20)18(13-21(26)27)16-9-5-6-10-17(16)24(23)28;1-3-27(4-2)15-10-9-14-11-16-21(29-20(14)12-15)17(13-24)22(25)28-19-8-6-5-7-18(19)26-23(16)28;1-25-19-12-11-18(24-14-7-3-2-4-8-14)22-21(19)17(13-20(25)26)15-9-5-6-10-16(15)23(22)27;23-16-10-8-12-4-3-7-18(31(27,28)29)19(12)20(16)22-21-15-9-11-17(30(24,25)26)14-6-2-1-5-13(14)15;1-4(2)3/h8-9,11-16,26H,4-7,10H2,1-3H3;2-13,25H,14H2,1H3;5-12,25H,3-4H2,1-2H3;5-6,9-14,24H,2-4,7-8H2,1H3;1-11,23H,(H,24,25,26)(H,27,28,29);. The quantitative estimate of drug-likeness (QED) is 0.0171. The predicted molar refractivity (Wildman–Crippen MR) is 577 cm³/mol. The van der Waals surface area contributed by atoms with Crippen LogP contribution >= 0.6 is 0 Å². The molecule has 0 saturated heterocycles. The molecule has 23 rings (SSSR count). The van der Waals surface area contributed by atoms with E-state index in [1.807, 2.05) is 182 Å². The molecule has 0 spiro atoms. The van der Waals surface area contributed by atoms with E-state index in [1.165, 1.54) is 81.0 Å². The topological polar surface area (TPSA) is 440 Å². The number of carbonyl (C=O) groups is 3. The van der Waals surface area contributed by atoms with E-state index in [4.69, 9.17) is 27.4 Å². The number of aromatic nitrogens is 5. The van der Waals surface area contributed by atoms with Gasteiger partial charge in [-0.2, -0.15) is 22.1 Å². The van der Waals surface area contributed by atoms with Crippen LogP contribution < -0.4 is 43.0 Å². The Balaban J connectivity index is 0.000000120. The van der Waals surface area contributed by atoms with Crippen LogP contribution in [0.2, 0.25) is 0 Å². The monoisotopic (exact) mass is 2030 g/mol. The average molecular weight is 2030 g/mol. The van der Waals surface area contributed by atoms with Gasteiger partial charge >= 0.3 is 10.6 Å². The van der Waals surface area contributed by atoms with Gasteiger partial charge in [0.25, 0.3) is 36.9 Å². The number of para-hydroxylation sites is 2. The van der Waals surface area contributed by atoms with Crippen LogP contribution in [0.3, 0.4) is 0 Å². The van der Waals surface area contributed by atoms with Gasteiger partial charge in [0.15, 0.2) is 34.1 Å². The van der Waals surface area contributed by atoms with Crippen LogP contribution in [0.1, 0.15) is 151 Å². The number of nitrogens with zero attached hydrogens (tertiary/aromatic N) is 9. The largest absolute Gasteiger partial charge is 0.506 e. The number of carbonyl (C=O) groups excluding carboxylic acids is 3.